The molecule has 0 saturated carbocycles. The Morgan fingerprint density at radius 3 is 1.68 bits per heavy atom. The Morgan fingerprint density at radius 1 is 0.643 bits per heavy atom. The zero-order chi connectivity index (χ0) is 20.9. The molecule has 0 radical (unpaired) electrons. The molecule has 0 aliphatic heterocycles. The molecule has 0 rings (SSSR count). The first-order valence-electron chi connectivity index (χ1n) is 11.9. The zero-order valence-corrected chi connectivity index (χ0v) is 18.9. The van der Waals surface area contributed by atoms with Crippen LogP contribution >= 0.6 is 0 Å². The molecule has 0 aromatic rings. The Bertz CT molecular complexity index is 368. The minimum Gasteiger partial charge on any atom is -0.466 e. The van der Waals surface area contributed by atoms with Gasteiger partial charge in [0.2, 0.25) is 0 Å². The van der Waals surface area contributed by atoms with Crippen LogP contribution in [0.15, 0.2) is 0 Å². The van der Waals surface area contributed by atoms with Crippen LogP contribution in [0.3, 0.4) is 0 Å². The fraction of sp³-hybridized carbons (Fsp3) is 0.917. The largest absolute Gasteiger partial charge is 0.466 e. The first-order valence-corrected chi connectivity index (χ1v) is 11.9. The summed E-state index contributed by atoms with van der Waals surface area (Å²) in [4.78, 5) is 23.3. The number of ether oxygens (including phenoxy) is 2. The summed E-state index contributed by atoms with van der Waals surface area (Å²) in [6.45, 7) is 7.53. The Balaban J connectivity index is 3.45. The second kappa shape index (κ2) is 20.7. The molecule has 1 unspecified atom stereocenters. The van der Waals surface area contributed by atoms with Gasteiger partial charge in [-0.25, -0.2) is 0 Å². The van der Waals surface area contributed by atoms with Gasteiger partial charge in [0.25, 0.3) is 0 Å². The third-order valence-corrected chi connectivity index (χ3v) is 5.30. The van der Waals surface area contributed by atoms with Crippen LogP contribution in [0.1, 0.15) is 124 Å². The van der Waals surface area contributed by atoms with Crippen molar-refractivity contribution in [3.63, 3.8) is 0 Å². The van der Waals surface area contributed by atoms with Crippen molar-refractivity contribution in [1.82, 2.24) is 0 Å². The lowest BCUT2D eigenvalue weighted by Gasteiger charge is -2.14. The molecular formula is C24H46O4. The van der Waals surface area contributed by atoms with Gasteiger partial charge in [0.05, 0.1) is 13.2 Å². The van der Waals surface area contributed by atoms with Crippen molar-refractivity contribution in [2.24, 2.45) is 5.92 Å². The predicted molar refractivity (Wildman–Crippen MR) is 116 cm³/mol. The number of hydrogen-bond acceptors (Lipinski definition) is 4. The number of unbranched alkanes of at least 4 members (excludes halogenated alkanes) is 9. The van der Waals surface area contributed by atoms with Crippen LogP contribution in [0.5, 0.6) is 0 Å². The molecule has 0 N–H and O–H groups in total. The lowest BCUT2D eigenvalue weighted by atomic mass is 9.95. The summed E-state index contributed by atoms with van der Waals surface area (Å²) < 4.78 is 10.4. The third kappa shape index (κ3) is 18.3. The number of esters is 2. The van der Waals surface area contributed by atoms with E-state index in [1.165, 1.54) is 38.5 Å². The van der Waals surface area contributed by atoms with E-state index in [0.717, 1.165) is 51.4 Å². The lowest BCUT2D eigenvalue weighted by Crippen LogP contribution is -2.12. The molecule has 0 saturated heterocycles. The first kappa shape index (κ1) is 26.9. The molecule has 28 heavy (non-hydrogen) atoms. The molecule has 0 heterocycles. The van der Waals surface area contributed by atoms with Gasteiger partial charge in [-0.3, -0.25) is 9.59 Å². The normalized spacial score (nSPS) is 12.0. The van der Waals surface area contributed by atoms with E-state index in [2.05, 4.69) is 20.8 Å². The highest BCUT2D eigenvalue weighted by Crippen LogP contribution is 2.19. The standard InChI is InChI=1S/C24H46O4/c1-4-7-19-27-23(25)18-16-14-12-10-9-11-13-15-17-22(6-3)21-24(26)28-20-8-5-2/h22H,4-21H2,1-3H3. The van der Waals surface area contributed by atoms with Crippen LogP contribution in [0.4, 0.5) is 0 Å². The van der Waals surface area contributed by atoms with Crippen LogP contribution in [-0.4, -0.2) is 25.2 Å². The van der Waals surface area contributed by atoms with Crippen molar-refractivity contribution in [1.29, 1.82) is 0 Å². The monoisotopic (exact) mass is 398 g/mol. The molecule has 0 spiro atoms. The number of carbonyl (C=O) groups is 2. The maximum Gasteiger partial charge on any atom is 0.306 e. The second-order valence-electron chi connectivity index (χ2n) is 7.99. The third-order valence-electron chi connectivity index (χ3n) is 5.30. The molecule has 0 amide bonds. The molecule has 0 bridgehead atoms. The quantitative estimate of drug-likeness (QED) is 0.164. The van der Waals surface area contributed by atoms with E-state index in [1.54, 1.807) is 0 Å². The van der Waals surface area contributed by atoms with Crippen molar-refractivity contribution in [2.45, 2.75) is 124 Å². The van der Waals surface area contributed by atoms with Crippen molar-refractivity contribution < 1.29 is 19.1 Å². The zero-order valence-electron chi connectivity index (χ0n) is 18.9. The van der Waals surface area contributed by atoms with Gasteiger partial charge < -0.3 is 9.47 Å². The molecule has 4 nitrogen and oxygen atoms in total. The summed E-state index contributed by atoms with van der Waals surface area (Å²) in [7, 11) is 0. The van der Waals surface area contributed by atoms with Crippen molar-refractivity contribution in [3.8, 4) is 0 Å². The molecule has 0 aliphatic carbocycles. The Kier molecular flexibility index (Phi) is 19.9. The highest BCUT2D eigenvalue weighted by atomic mass is 16.5. The molecule has 0 aliphatic rings. The molecule has 166 valence electrons. The van der Waals surface area contributed by atoms with E-state index >= 15 is 0 Å². The minimum absolute atomic E-state index is 0.0189. The van der Waals surface area contributed by atoms with Crippen LogP contribution in [0, 0.1) is 5.92 Å². The van der Waals surface area contributed by atoms with Crippen LogP contribution in [0.2, 0.25) is 0 Å². The minimum atomic E-state index is -0.0341. The Hall–Kier alpha value is -1.06. The van der Waals surface area contributed by atoms with Crippen molar-refractivity contribution >= 4 is 11.9 Å². The number of carbonyl (C=O) groups excluding carboxylic acids is 2. The van der Waals surface area contributed by atoms with Gasteiger partial charge in [-0.05, 0) is 31.6 Å². The van der Waals surface area contributed by atoms with Gasteiger partial charge in [0.15, 0.2) is 0 Å². The average molecular weight is 399 g/mol. The van der Waals surface area contributed by atoms with Crippen LogP contribution in [0.25, 0.3) is 0 Å². The van der Waals surface area contributed by atoms with E-state index in [9.17, 15) is 9.59 Å². The molecule has 0 aromatic carbocycles. The van der Waals surface area contributed by atoms with Crippen LogP contribution < -0.4 is 0 Å². The molecular weight excluding hydrogens is 352 g/mol. The molecule has 4 heteroatoms. The summed E-state index contributed by atoms with van der Waals surface area (Å²) in [6, 6.07) is 0. The molecule has 0 aromatic heterocycles. The summed E-state index contributed by atoms with van der Waals surface area (Å²) in [5, 5.41) is 0. The van der Waals surface area contributed by atoms with Gasteiger partial charge in [-0.15, -0.1) is 0 Å². The maximum atomic E-state index is 11.8. The fourth-order valence-corrected chi connectivity index (χ4v) is 3.24. The second-order valence-corrected chi connectivity index (χ2v) is 7.99. The van der Waals surface area contributed by atoms with E-state index in [0.29, 0.717) is 32.0 Å². The fourth-order valence-electron chi connectivity index (χ4n) is 3.24. The van der Waals surface area contributed by atoms with Gasteiger partial charge in [-0.1, -0.05) is 85.0 Å². The van der Waals surface area contributed by atoms with Crippen LogP contribution in [-0.2, 0) is 19.1 Å². The van der Waals surface area contributed by atoms with Crippen molar-refractivity contribution in [3.05, 3.63) is 0 Å². The van der Waals surface area contributed by atoms with Crippen molar-refractivity contribution in [2.75, 3.05) is 13.2 Å². The van der Waals surface area contributed by atoms with Gasteiger partial charge >= 0.3 is 11.9 Å². The maximum absolute atomic E-state index is 11.8. The van der Waals surface area contributed by atoms with E-state index in [1.807, 2.05) is 0 Å². The summed E-state index contributed by atoms with van der Waals surface area (Å²) >= 11 is 0. The first-order chi connectivity index (χ1) is 13.6. The highest BCUT2D eigenvalue weighted by molar-refractivity contribution is 5.69. The predicted octanol–water partition coefficient (Wildman–Crippen LogP) is 6.99. The average Bonchev–Trinajstić information content (AvgIpc) is 2.68. The van der Waals surface area contributed by atoms with Gasteiger partial charge in [-0.2, -0.15) is 0 Å². The highest BCUT2D eigenvalue weighted by Gasteiger charge is 2.12. The van der Waals surface area contributed by atoms with E-state index < -0.39 is 0 Å². The van der Waals surface area contributed by atoms with E-state index in [4.69, 9.17) is 9.47 Å². The smallest absolute Gasteiger partial charge is 0.306 e. The topological polar surface area (TPSA) is 52.6 Å². The van der Waals surface area contributed by atoms with Gasteiger partial charge in [0, 0.05) is 12.8 Å². The summed E-state index contributed by atoms with van der Waals surface area (Å²) in [5.74, 6) is 0.425. The SMILES string of the molecule is CCCCOC(=O)CCCCCCCCCCC(CC)CC(=O)OCCCC. The number of hydrogen-bond donors (Lipinski definition) is 0. The molecule has 1 atom stereocenters. The summed E-state index contributed by atoms with van der Waals surface area (Å²) in [5.41, 5.74) is 0. The Labute approximate surface area is 174 Å². The Morgan fingerprint density at radius 2 is 1.14 bits per heavy atom. The number of rotatable bonds is 20. The van der Waals surface area contributed by atoms with E-state index in [-0.39, 0.29) is 11.9 Å². The molecule has 0 fully saturated rings. The lowest BCUT2D eigenvalue weighted by molar-refractivity contribution is -0.145. The van der Waals surface area contributed by atoms with Gasteiger partial charge in [0.1, 0.15) is 0 Å². The summed E-state index contributed by atoms with van der Waals surface area (Å²) in [6.07, 6.45) is 17.0.